The summed E-state index contributed by atoms with van der Waals surface area (Å²) in [5.74, 6) is 0.379. The number of hydrogen-bond donors (Lipinski definition) is 1. The summed E-state index contributed by atoms with van der Waals surface area (Å²) in [5, 5.41) is 3.25. The van der Waals surface area contributed by atoms with Crippen molar-refractivity contribution in [2.75, 3.05) is 17.3 Å². The monoisotopic (exact) mass is 358 g/mol. The van der Waals surface area contributed by atoms with Crippen LogP contribution in [0.2, 0.25) is 5.02 Å². The van der Waals surface area contributed by atoms with E-state index in [-0.39, 0.29) is 17.9 Å². The summed E-state index contributed by atoms with van der Waals surface area (Å²) in [6.45, 7) is 2.03. The summed E-state index contributed by atoms with van der Waals surface area (Å²) in [4.78, 5) is 26.1. The number of anilines is 2. The number of methoxy groups -OCH3 is 1. The van der Waals surface area contributed by atoms with Crippen LogP contribution in [0, 0.1) is 0 Å². The first-order chi connectivity index (χ1) is 12.0. The second kappa shape index (κ2) is 7.15. The van der Waals surface area contributed by atoms with Gasteiger partial charge in [-0.05, 0) is 55.8 Å². The average molecular weight is 359 g/mol. The standard InChI is InChI=1S/C19H19ClN2O3/c1-12-3-8-18(23)22(12)16-6-4-15(5-7-16)21-19(24)13-9-14(20)11-17(10-13)25-2/h4-7,9-12H,3,8H2,1-2H3,(H,21,24). The van der Waals surface area contributed by atoms with Crippen LogP contribution >= 0.6 is 11.6 Å². The van der Waals surface area contributed by atoms with E-state index in [1.165, 1.54) is 7.11 Å². The Bertz CT molecular complexity index is 805. The van der Waals surface area contributed by atoms with Crippen molar-refractivity contribution in [1.82, 2.24) is 0 Å². The molecule has 3 rings (SSSR count). The number of halogens is 1. The quantitative estimate of drug-likeness (QED) is 0.894. The van der Waals surface area contributed by atoms with Crippen molar-refractivity contribution in [3.05, 3.63) is 53.1 Å². The second-order valence-electron chi connectivity index (χ2n) is 6.03. The molecule has 2 amide bonds. The van der Waals surface area contributed by atoms with Crippen molar-refractivity contribution in [1.29, 1.82) is 0 Å². The first-order valence-electron chi connectivity index (χ1n) is 8.06. The molecule has 1 unspecified atom stereocenters. The molecule has 1 N–H and O–H groups in total. The first-order valence-corrected chi connectivity index (χ1v) is 8.44. The van der Waals surface area contributed by atoms with Gasteiger partial charge in [0.2, 0.25) is 5.91 Å². The number of carbonyl (C=O) groups is 2. The van der Waals surface area contributed by atoms with Gasteiger partial charge < -0.3 is 15.0 Å². The minimum Gasteiger partial charge on any atom is -0.497 e. The van der Waals surface area contributed by atoms with Crippen molar-refractivity contribution in [2.45, 2.75) is 25.8 Å². The normalized spacial score (nSPS) is 16.8. The van der Waals surface area contributed by atoms with Crippen LogP contribution < -0.4 is 15.0 Å². The van der Waals surface area contributed by atoms with Crippen LogP contribution in [0.25, 0.3) is 0 Å². The lowest BCUT2D eigenvalue weighted by Crippen LogP contribution is -2.30. The van der Waals surface area contributed by atoms with E-state index in [4.69, 9.17) is 16.3 Å². The Morgan fingerprint density at radius 1 is 1.24 bits per heavy atom. The summed E-state index contributed by atoms with van der Waals surface area (Å²) < 4.78 is 5.13. The van der Waals surface area contributed by atoms with E-state index in [1.807, 2.05) is 19.1 Å². The van der Waals surface area contributed by atoms with Crippen molar-refractivity contribution in [3.63, 3.8) is 0 Å². The maximum atomic E-state index is 12.4. The molecule has 0 saturated carbocycles. The third kappa shape index (κ3) is 3.77. The molecule has 1 fully saturated rings. The van der Waals surface area contributed by atoms with E-state index in [0.717, 1.165) is 12.1 Å². The van der Waals surface area contributed by atoms with E-state index in [1.54, 1.807) is 35.2 Å². The SMILES string of the molecule is COc1cc(Cl)cc(C(=O)Nc2ccc(N3C(=O)CCC3C)cc2)c1. The molecule has 6 heteroatoms. The van der Waals surface area contributed by atoms with Crippen molar-refractivity contribution in [3.8, 4) is 5.75 Å². The Hall–Kier alpha value is -2.53. The zero-order chi connectivity index (χ0) is 18.0. The Labute approximate surface area is 151 Å². The lowest BCUT2D eigenvalue weighted by Gasteiger charge is -2.22. The van der Waals surface area contributed by atoms with E-state index >= 15 is 0 Å². The molecule has 1 aliphatic heterocycles. The number of amides is 2. The number of nitrogens with one attached hydrogen (secondary N) is 1. The van der Waals surface area contributed by atoms with E-state index in [9.17, 15) is 9.59 Å². The second-order valence-corrected chi connectivity index (χ2v) is 6.47. The van der Waals surface area contributed by atoms with Crippen LogP contribution in [-0.2, 0) is 4.79 Å². The average Bonchev–Trinajstić information content (AvgIpc) is 2.93. The number of ether oxygens (including phenoxy) is 1. The van der Waals surface area contributed by atoms with Crippen LogP contribution in [0.4, 0.5) is 11.4 Å². The molecule has 5 nitrogen and oxygen atoms in total. The fourth-order valence-corrected chi connectivity index (χ4v) is 3.17. The Kier molecular flexibility index (Phi) is 4.95. The van der Waals surface area contributed by atoms with Gasteiger partial charge in [-0.2, -0.15) is 0 Å². The summed E-state index contributed by atoms with van der Waals surface area (Å²) in [6.07, 6.45) is 1.45. The zero-order valence-corrected chi connectivity index (χ0v) is 14.8. The van der Waals surface area contributed by atoms with E-state index in [2.05, 4.69) is 5.32 Å². The minimum atomic E-state index is -0.279. The molecule has 0 spiro atoms. The number of benzene rings is 2. The molecule has 130 valence electrons. The third-order valence-electron chi connectivity index (χ3n) is 4.26. The molecular weight excluding hydrogens is 340 g/mol. The molecule has 2 aromatic rings. The minimum absolute atomic E-state index is 0.135. The van der Waals surface area contributed by atoms with Gasteiger partial charge in [0.25, 0.3) is 5.91 Å². The predicted molar refractivity (Wildman–Crippen MR) is 98.6 cm³/mol. The van der Waals surface area contributed by atoms with E-state index < -0.39 is 0 Å². The van der Waals surface area contributed by atoms with Gasteiger partial charge in [-0.25, -0.2) is 0 Å². The first kappa shape index (κ1) is 17.3. The Morgan fingerprint density at radius 2 is 1.96 bits per heavy atom. The summed E-state index contributed by atoms with van der Waals surface area (Å²) >= 11 is 6.00. The fraction of sp³-hybridized carbons (Fsp3) is 0.263. The lowest BCUT2D eigenvalue weighted by molar-refractivity contribution is -0.117. The Balaban J connectivity index is 1.74. The highest BCUT2D eigenvalue weighted by Gasteiger charge is 2.28. The molecule has 25 heavy (non-hydrogen) atoms. The highest BCUT2D eigenvalue weighted by molar-refractivity contribution is 6.31. The molecule has 1 heterocycles. The van der Waals surface area contributed by atoms with Crippen LogP contribution in [0.1, 0.15) is 30.1 Å². The predicted octanol–water partition coefficient (Wildman–Crippen LogP) is 4.12. The molecule has 2 aromatic carbocycles. The fourth-order valence-electron chi connectivity index (χ4n) is 2.95. The van der Waals surface area contributed by atoms with Crippen LogP contribution in [0.5, 0.6) is 5.75 Å². The molecule has 0 radical (unpaired) electrons. The van der Waals surface area contributed by atoms with Gasteiger partial charge in [0.05, 0.1) is 7.11 Å². The van der Waals surface area contributed by atoms with E-state index in [0.29, 0.717) is 28.4 Å². The maximum absolute atomic E-state index is 12.4. The van der Waals surface area contributed by atoms with Gasteiger partial charge in [-0.1, -0.05) is 11.6 Å². The van der Waals surface area contributed by atoms with Crippen LogP contribution in [0.15, 0.2) is 42.5 Å². The highest BCUT2D eigenvalue weighted by Crippen LogP contribution is 2.28. The summed E-state index contributed by atoms with van der Waals surface area (Å²) in [5.41, 5.74) is 1.90. The molecule has 1 aliphatic rings. The molecule has 0 aromatic heterocycles. The van der Waals surface area contributed by atoms with Crippen molar-refractivity contribution in [2.24, 2.45) is 0 Å². The lowest BCUT2D eigenvalue weighted by atomic mass is 10.2. The van der Waals surface area contributed by atoms with Crippen molar-refractivity contribution < 1.29 is 14.3 Å². The summed E-state index contributed by atoms with van der Waals surface area (Å²) in [7, 11) is 1.52. The number of nitrogens with zero attached hydrogens (tertiary/aromatic N) is 1. The molecule has 1 atom stereocenters. The topological polar surface area (TPSA) is 58.6 Å². The smallest absolute Gasteiger partial charge is 0.255 e. The number of carbonyl (C=O) groups excluding carboxylic acids is 2. The highest BCUT2D eigenvalue weighted by atomic mass is 35.5. The van der Waals surface area contributed by atoms with Gasteiger partial charge in [0.1, 0.15) is 5.75 Å². The number of rotatable bonds is 4. The van der Waals surface area contributed by atoms with Gasteiger partial charge >= 0.3 is 0 Å². The van der Waals surface area contributed by atoms with Gasteiger partial charge in [0, 0.05) is 34.4 Å². The largest absolute Gasteiger partial charge is 0.497 e. The van der Waals surface area contributed by atoms with Crippen LogP contribution in [0.3, 0.4) is 0 Å². The van der Waals surface area contributed by atoms with Crippen molar-refractivity contribution >= 4 is 34.8 Å². The molecule has 0 aliphatic carbocycles. The number of hydrogen-bond acceptors (Lipinski definition) is 3. The van der Waals surface area contributed by atoms with Gasteiger partial charge in [0.15, 0.2) is 0 Å². The van der Waals surface area contributed by atoms with Crippen LogP contribution in [-0.4, -0.2) is 25.0 Å². The zero-order valence-electron chi connectivity index (χ0n) is 14.1. The third-order valence-corrected chi connectivity index (χ3v) is 4.48. The summed E-state index contributed by atoms with van der Waals surface area (Å²) in [6, 6.07) is 12.3. The molecule has 1 saturated heterocycles. The molecular formula is C19H19ClN2O3. The Morgan fingerprint density at radius 3 is 2.56 bits per heavy atom. The maximum Gasteiger partial charge on any atom is 0.255 e. The molecule has 0 bridgehead atoms. The van der Waals surface area contributed by atoms with Gasteiger partial charge in [-0.15, -0.1) is 0 Å². The van der Waals surface area contributed by atoms with Gasteiger partial charge in [-0.3, -0.25) is 9.59 Å².